The Morgan fingerprint density at radius 2 is 1.12 bits per heavy atom. The summed E-state index contributed by atoms with van der Waals surface area (Å²) in [6.07, 6.45) is 3.21. The molecule has 0 fully saturated rings. The van der Waals surface area contributed by atoms with Crippen LogP contribution < -0.4 is 11.5 Å². The first kappa shape index (κ1) is 15.4. The van der Waals surface area contributed by atoms with Crippen LogP contribution in [0.2, 0.25) is 0 Å². The summed E-state index contributed by atoms with van der Waals surface area (Å²) in [5.41, 5.74) is 13.3. The predicted molar refractivity (Wildman–Crippen MR) is 87.2 cm³/mol. The van der Waals surface area contributed by atoms with Gasteiger partial charge in [-0.05, 0) is 35.4 Å². The summed E-state index contributed by atoms with van der Waals surface area (Å²) in [4.78, 5) is 22.5. The molecule has 1 heterocycles. The van der Waals surface area contributed by atoms with Gasteiger partial charge in [-0.15, -0.1) is 10.2 Å². The lowest BCUT2D eigenvalue weighted by Gasteiger charge is -2.19. The lowest BCUT2D eigenvalue weighted by Crippen LogP contribution is -2.14. The molecule has 1 aromatic heterocycles. The zero-order chi connectivity index (χ0) is 17.1. The van der Waals surface area contributed by atoms with Crippen molar-refractivity contribution >= 4 is 11.8 Å². The molecule has 0 aliphatic carbocycles. The van der Waals surface area contributed by atoms with Crippen molar-refractivity contribution < 1.29 is 9.59 Å². The van der Waals surface area contributed by atoms with Crippen LogP contribution in [0.1, 0.15) is 37.9 Å². The quantitative estimate of drug-likeness (QED) is 0.732. The third-order valence-electron chi connectivity index (χ3n) is 3.76. The van der Waals surface area contributed by atoms with E-state index < -0.39 is 11.8 Å². The van der Waals surface area contributed by atoms with E-state index in [1.165, 1.54) is 0 Å². The van der Waals surface area contributed by atoms with Gasteiger partial charge in [0, 0.05) is 11.1 Å². The number of hydrogen-bond acceptors (Lipinski definition) is 4. The second kappa shape index (κ2) is 6.33. The smallest absolute Gasteiger partial charge is 0.248 e. The number of amides is 2. The van der Waals surface area contributed by atoms with Crippen molar-refractivity contribution in [2.45, 2.75) is 6.04 Å². The molecule has 0 atom stereocenters. The summed E-state index contributed by atoms with van der Waals surface area (Å²) >= 11 is 0. The highest BCUT2D eigenvalue weighted by atomic mass is 16.1. The minimum Gasteiger partial charge on any atom is -0.366 e. The van der Waals surface area contributed by atoms with Crippen molar-refractivity contribution in [1.29, 1.82) is 0 Å². The molecular formula is C17H15N5O2. The Morgan fingerprint density at radius 1 is 0.750 bits per heavy atom. The molecule has 4 N–H and O–H groups in total. The topological polar surface area (TPSA) is 117 Å². The fourth-order valence-electron chi connectivity index (χ4n) is 2.54. The first-order chi connectivity index (χ1) is 11.6. The molecule has 0 saturated heterocycles. The molecule has 0 aliphatic heterocycles. The first-order valence-corrected chi connectivity index (χ1v) is 7.20. The molecule has 2 aromatic carbocycles. The van der Waals surface area contributed by atoms with E-state index >= 15 is 0 Å². The summed E-state index contributed by atoms with van der Waals surface area (Å²) < 4.78 is 1.83. The van der Waals surface area contributed by atoms with Gasteiger partial charge in [0.15, 0.2) is 0 Å². The molecule has 0 aliphatic rings. The van der Waals surface area contributed by atoms with E-state index in [0.717, 1.165) is 11.1 Å². The normalized spacial score (nSPS) is 10.7. The SMILES string of the molecule is NC(=O)c1ccc(C(c2ccc(C(N)=O)cc2)n2cnnc2)cc1. The molecule has 0 radical (unpaired) electrons. The standard InChI is InChI=1S/C17H15N5O2/c18-16(23)13-5-1-11(2-6-13)15(22-9-20-21-10-22)12-3-7-14(8-4-12)17(19)24/h1-10,15H,(H2,18,23)(H2,19,24). The number of nitrogens with zero attached hydrogens (tertiary/aromatic N) is 3. The van der Waals surface area contributed by atoms with Crippen LogP contribution in [0, 0.1) is 0 Å². The number of rotatable bonds is 5. The molecule has 0 bridgehead atoms. The highest BCUT2D eigenvalue weighted by Crippen LogP contribution is 2.26. The van der Waals surface area contributed by atoms with Gasteiger partial charge in [-0.2, -0.15) is 0 Å². The molecule has 120 valence electrons. The largest absolute Gasteiger partial charge is 0.366 e. The highest BCUT2D eigenvalue weighted by Gasteiger charge is 2.17. The number of hydrogen-bond donors (Lipinski definition) is 2. The first-order valence-electron chi connectivity index (χ1n) is 7.20. The maximum Gasteiger partial charge on any atom is 0.248 e. The van der Waals surface area contributed by atoms with E-state index in [-0.39, 0.29) is 6.04 Å². The Bertz CT molecular complexity index is 798. The van der Waals surface area contributed by atoms with E-state index in [4.69, 9.17) is 11.5 Å². The Balaban J connectivity index is 2.04. The minimum absolute atomic E-state index is 0.205. The van der Waals surface area contributed by atoms with Crippen LogP contribution in [0.25, 0.3) is 0 Å². The zero-order valence-electron chi connectivity index (χ0n) is 12.7. The van der Waals surface area contributed by atoms with Crippen LogP contribution >= 0.6 is 0 Å². The summed E-state index contributed by atoms with van der Waals surface area (Å²) in [5, 5.41) is 7.70. The van der Waals surface area contributed by atoms with Gasteiger partial charge in [0.2, 0.25) is 11.8 Å². The van der Waals surface area contributed by atoms with Gasteiger partial charge < -0.3 is 16.0 Å². The predicted octanol–water partition coefficient (Wildman–Crippen LogP) is 1.11. The van der Waals surface area contributed by atoms with Crippen LogP contribution in [-0.4, -0.2) is 26.6 Å². The van der Waals surface area contributed by atoms with E-state index in [1.54, 1.807) is 36.9 Å². The second-order valence-electron chi connectivity index (χ2n) is 5.28. The molecule has 7 nitrogen and oxygen atoms in total. The average Bonchev–Trinajstić information content (AvgIpc) is 3.10. The molecular weight excluding hydrogens is 306 g/mol. The third kappa shape index (κ3) is 3.00. The van der Waals surface area contributed by atoms with E-state index in [2.05, 4.69) is 10.2 Å². The van der Waals surface area contributed by atoms with Gasteiger partial charge in [-0.3, -0.25) is 9.59 Å². The van der Waals surface area contributed by atoms with Crippen LogP contribution in [-0.2, 0) is 0 Å². The summed E-state index contributed by atoms with van der Waals surface area (Å²) in [5.74, 6) is -0.957. The summed E-state index contributed by atoms with van der Waals surface area (Å²) in [7, 11) is 0. The summed E-state index contributed by atoms with van der Waals surface area (Å²) in [6.45, 7) is 0. The monoisotopic (exact) mass is 321 g/mol. The van der Waals surface area contributed by atoms with Gasteiger partial charge in [0.25, 0.3) is 0 Å². The van der Waals surface area contributed by atoms with Crippen molar-refractivity contribution in [2.24, 2.45) is 11.5 Å². The van der Waals surface area contributed by atoms with Crippen molar-refractivity contribution in [3.05, 3.63) is 83.4 Å². The van der Waals surface area contributed by atoms with Crippen LogP contribution in [0.4, 0.5) is 0 Å². The number of primary amides is 2. The van der Waals surface area contributed by atoms with Gasteiger partial charge in [-0.1, -0.05) is 24.3 Å². The Morgan fingerprint density at radius 3 is 1.46 bits per heavy atom. The van der Waals surface area contributed by atoms with Gasteiger partial charge >= 0.3 is 0 Å². The minimum atomic E-state index is -0.479. The third-order valence-corrected chi connectivity index (χ3v) is 3.76. The molecule has 3 rings (SSSR count). The molecule has 0 unspecified atom stereocenters. The van der Waals surface area contributed by atoms with E-state index in [0.29, 0.717) is 11.1 Å². The Kier molecular flexibility index (Phi) is 4.07. The molecule has 3 aromatic rings. The molecule has 0 saturated carbocycles. The Labute approximate surface area is 137 Å². The number of nitrogens with two attached hydrogens (primary N) is 2. The van der Waals surface area contributed by atoms with Crippen LogP contribution in [0.15, 0.2) is 61.2 Å². The average molecular weight is 321 g/mol. The fourth-order valence-corrected chi connectivity index (χ4v) is 2.54. The lowest BCUT2D eigenvalue weighted by molar-refractivity contribution is 0.0992. The number of aromatic nitrogens is 3. The molecule has 7 heteroatoms. The van der Waals surface area contributed by atoms with Gasteiger partial charge in [0.1, 0.15) is 12.7 Å². The maximum atomic E-state index is 11.2. The fraction of sp³-hybridized carbons (Fsp3) is 0.0588. The van der Waals surface area contributed by atoms with Crippen molar-refractivity contribution in [2.75, 3.05) is 0 Å². The molecule has 0 spiro atoms. The highest BCUT2D eigenvalue weighted by molar-refractivity contribution is 5.93. The zero-order valence-corrected chi connectivity index (χ0v) is 12.7. The summed E-state index contributed by atoms with van der Waals surface area (Å²) in [6, 6.07) is 13.8. The number of benzene rings is 2. The van der Waals surface area contributed by atoms with Crippen molar-refractivity contribution in [3.8, 4) is 0 Å². The van der Waals surface area contributed by atoms with Crippen molar-refractivity contribution in [3.63, 3.8) is 0 Å². The van der Waals surface area contributed by atoms with Gasteiger partial charge in [0.05, 0.1) is 6.04 Å². The van der Waals surface area contributed by atoms with Crippen molar-refractivity contribution in [1.82, 2.24) is 14.8 Å². The van der Waals surface area contributed by atoms with E-state index in [1.807, 2.05) is 28.8 Å². The van der Waals surface area contributed by atoms with Crippen LogP contribution in [0.3, 0.4) is 0 Å². The van der Waals surface area contributed by atoms with Crippen LogP contribution in [0.5, 0.6) is 0 Å². The maximum absolute atomic E-state index is 11.2. The van der Waals surface area contributed by atoms with E-state index in [9.17, 15) is 9.59 Å². The second-order valence-corrected chi connectivity index (χ2v) is 5.28. The Hall–Kier alpha value is -3.48. The molecule has 24 heavy (non-hydrogen) atoms. The number of carbonyl (C=O) groups is 2. The lowest BCUT2D eigenvalue weighted by atomic mass is 9.96. The number of carbonyl (C=O) groups excluding carboxylic acids is 2. The molecule has 2 amide bonds. The van der Waals surface area contributed by atoms with Gasteiger partial charge in [-0.25, -0.2) is 0 Å².